The van der Waals surface area contributed by atoms with Gasteiger partial charge in [0.2, 0.25) is 0 Å². The summed E-state index contributed by atoms with van der Waals surface area (Å²) in [6, 6.07) is 0. The maximum atomic E-state index is 9.27. The molecule has 0 aliphatic heterocycles. The highest BCUT2D eigenvalue weighted by atomic mass is 16.3. The van der Waals surface area contributed by atoms with Crippen LogP contribution in [-0.2, 0) is 0 Å². The van der Waals surface area contributed by atoms with Gasteiger partial charge in [-0.3, -0.25) is 0 Å². The molecule has 0 spiro atoms. The van der Waals surface area contributed by atoms with E-state index in [0.29, 0.717) is 19.0 Å². The third kappa shape index (κ3) is 2.64. The normalized spacial score (nSPS) is 21.0. The van der Waals surface area contributed by atoms with Gasteiger partial charge < -0.3 is 15.5 Å². The van der Waals surface area contributed by atoms with Crippen molar-refractivity contribution in [2.45, 2.75) is 18.9 Å². The third-order valence-corrected chi connectivity index (χ3v) is 1.81. The molecule has 3 nitrogen and oxygen atoms in total. The molecule has 1 atom stereocenters. The van der Waals surface area contributed by atoms with Crippen LogP contribution < -0.4 is 5.32 Å². The first-order valence-corrected chi connectivity index (χ1v) is 3.84. The molecule has 3 N–H and O–H groups in total. The zero-order valence-electron chi connectivity index (χ0n) is 6.08. The lowest BCUT2D eigenvalue weighted by Gasteiger charge is -2.08. The molecule has 60 valence electrons. The number of rotatable bonds is 5. The number of aliphatic hydroxyl groups excluding tert-OH is 2. The Morgan fingerprint density at radius 3 is 2.70 bits per heavy atom. The molecule has 0 saturated heterocycles. The summed E-state index contributed by atoms with van der Waals surface area (Å²) in [7, 11) is 0. The van der Waals surface area contributed by atoms with Crippen LogP contribution in [0.5, 0.6) is 0 Å². The topological polar surface area (TPSA) is 52.5 Å². The first kappa shape index (κ1) is 7.98. The van der Waals surface area contributed by atoms with Gasteiger partial charge in [0.1, 0.15) is 0 Å². The minimum atomic E-state index is -0.188. The van der Waals surface area contributed by atoms with Gasteiger partial charge in [-0.1, -0.05) is 0 Å². The summed E-state index contributed by atoms with van der Waals surface area (Å²) in [5.74, 6) is 0.534. The predicted octanol–water partition coefficient (Wildman–Crippen LogP) is -0.661. The molecule has 0 aromatic carbocycles. The summed E-state index contributed by atoms with van der Waals surface area (Å²) in [5, 5.41) is 20.6. The molecule has 0 aromatic rings. The highest BCUT2D eigenvalue weighted by Gasteiger charge is 2.28. The van der Waals surface area contributed by atoms with E-state index in [-0.39, 0.29) is 12.7 Å². The molecule has 1 unspecified atom stereocenters. The van der Waals surface area contributed by atoms with Crippen molar-refractivity contribution in [3.8, 4) is 0 Å². The van der Waals surface area contributed by atoms with Gasteiger partial charge in [-0.15, -0.1) is 0 Å². The first-order chi connectivity index (χ1) is 4.84. The summed E-state index contributed by atoms with van der Waals surface area (Å²) < 4.78 is 0. The maximum absolute atomic E-state index is 9.27. The Morgan fingerprint density at radius 2 is 2.20 bits per heavy atom. The summed E-state index contributed by atoms with van der Waals surface area (Å²) in [4.78, 5) is 0. The van der Waals surface area contributed by atoms with E-state index in [0.717, 1.165) is 0 Å². The number of hydrogen-bond donors (Lipinski definition) is 3. The Balaban J connectivity index is 1.90. The molecule has 0 bridgehead atoms. The Bertz CT molecular complexity index is 93.6. The summed E-state index contributed by atoms with van der Waals surface area (Å²) >= 11 is 0. The SMILES string of the molecule is OCCNCC(O)C1CC1. The lowest BCUT2D eigenvalue weighted by atomic mass is 10.2. The summed E-state index contributed by atoms with van der Waals surface area (Å²) in [5.41, 5.74) is 0. The van der Waals surface area contributed by atoms with Crippen molar-refractivity contribution >= 4 is 0 Å². The molecule has 1 fully saturated rings. The largest absolute Gasteiger partial charge is 0.395 e. The highest BCUT2D eigenvalue weighted by molar-refractivity contribution is 4.81. The smallest absolute Gasteiger partial charge is 0.0692 e. The molecule has 1 rings (SSSR count). The first-order valence-electron chi connectivity index (χ1n) is 3.84. The van der Waals surface area contributed by atoms with Crippen LogP contribution in [0.15, 0.2) is 0 Å². The average molecular weight is 145 g/mol. The summed E-state index contributed by atoms with van der Waals surface area (Å²) in [6.45, 7) is 1.37. The van der Waals surface area contributed by atoms with E-state index >= 15 is 0 Å². The Morgan fingerprint density at radius 1 is 1.50 bits per heavy atom. The molecular formula is C7H15NO2. The molecule has 3 heteroatoms. The van der Waals surface area contributed by atoms with Crippen molar-refractivity contribution in [2.75, 3.05) is 19.7 Å². The van der Waals surface area contributed by atoms with Crippen molar-refractivity contribution in [1.29, 1.82) is 0 Å². The lowest BCUT2D eigenvalue weighted by Crippen LogP contribution is -2.30. The van der Waals surface area contributed by atoms with Crippen molar-refractivity contribution in [3.63, 3.8) is 0 Å². The molecule has 1 aliphatic rings. The molecule has 1 aliphatic carbocycles. The van der Waals surface area contributed by atoms with Crippen LogP contribution in [0.4, 0.5) is 0 Å². The van der Waals surface area contributed by atoms with Crippen LogP contribution in [0.3, 0.4) is 0 Å². The minimum Gasteiger partial charge on any atom is -0.395 e. The van der Waals surface area contributed by atoms with Gasteiger partial charge in [0.15, 0.2) is 0 Å². The second-order valence-corrected chi connectivity index (χ2v) is 2.83. The molecule has 0 radical (unpaired) electrons. The Hall–Kier alpha value is -0.120. The fourth-order valence-corrected chi connectivity index (χ4v) is 0.977. The van der Waals surface area contributed by atoms with Gasteiger partial charge in [0.05, 0.1) is 12.7 Å². The fourth-order valence-electron chi connectivity index (χ4n) is 0.977. The third-order valence-electron chi connectivity index (χ3n) is 1.81. The van der Waals surface area contributed by atoms with Crippen molar-refractivity contribution in [1.82, 2.24) is 5.32 Å². The van der Waals surface area contributed by atoms with Crippen LogP contribution in [0.25, 0.3) is 0 Å². The number of aliphatic hydroxyl groups is 2. The van der Waals surface area contributed by atoms with Gasteiger partial charge in [0, 0.05) is 13.1 Å². The molecule has 0 aromatic heterocycles. The van der Waals surface area contributed by atoms with Crippen molar-refractivity contribution in [2.24, 2.45) is 5.92 Å². The second-order valence-electron chi connectivity index (χ2n) is 2.83. The maximum Gasteiger partial charge on any atom is 0.0692 e. The predicted molar refractivity (Wildman–Crippen MR) is 38.7 cm³/mol. The van der Waals surface area contributed by atoms with Gasteiger partial charge in [0.25, 0.3) is 0 Å². The molecule has 1 saturated carbocycles. The van der Waals surface area contributed by atoms with Gasteiger partial charge >= 0.3 is 0 Å². The fraction of sp³-hybridized carbons (Fsp3) is 1.00. The van der Waals surface area contributed by atoms with E-state index in [1.165, 1.54) is 12.8 Å². The van der Waals surface area contributed by atoms with Crippen molar-refractivity contribution in [3.05, 3.63) is 0 Å². The van der Waals surface area contributed by atoms with Crippen LogP contribution >= 0.6 is 0 Å². The average Bonchev–Trinajstić information content (AvgIpc) is 2.69. The lowest BCUT2D eigenvalue weighted by molar-refractivity contribution is 0.146. The highest BCUT2D eigenvalue weighted by Crippen LogP contribution is 2.32. The number of hydrogen-bond acceptors (Lipinski definition) is 3. The van der Waals surface area contributed by atoms with Gasteiger partial charge in [-0.2, -0.15) is 0 Å². The second kappa shape index (κ2) is 3.91. The molecular weight excluding hydrogens is 130 g/mol. The molecule has 10 heavy (non-hydrogen) atoms. The van der Waals surface area contributed by atoms with Crippen molar-refractivity contribution < 1.29 is 10.2 Å². The summed E-state index contributed by atoms with van der Waals surface area (Å²) in [6.07, 6.45) is 2.15. The van der Waals surface area contributed by atoms with Crippen LogP contribution in [0.1, 0.15) is 12.8 Å². The standard InChI is InChI=1S/C7H15NO2/c9-4-3-8-5-7(10)6-1-2-6/h6-10H,1-5H2. The van der Waals surface area contributed by atoms with Crippen LogP contribution in [-0.4, -0.2) is 36.0 Å². The number of nitrogens with one attached hydrogen (secondary N) is 1. The van der Waals surface area contributed by atoms with Gasteiger partial charge in [-0.05, 0) is 18.8 Å². The Kier molecular flexibility index (Phi) is 3.12. The van der Waals surface area contributed by atoms with Gasteiger partial charge in [-0.25, -0.2) is 0 Å². The Labute approximate surface area is 61.1 Å². The quantitative estimate of drug-likeness (QED) is 0.450. The molecule has 0 amide bonds. The van der Waals surface area contributed by atoms with E-state index in [9.17, 15) is 5.11 Å². The van der Waals surface area contributed by atoms with E-state index in [1.807, 2.05) is 0 Å². The zero-order chi connectivity index (χ0) is 7.40. The monoisotopic (exact) mass is 145 g/mol. The van der Waals surface area contributed by atoms with E-state index in [4.69, 9.17) is 5.11 Å². The van der Waals surface area contributed by atoms with E-state index in [2.05, 4.69) is 5.32 Å². The van der Waals surface area contributed by atoms with Crippen LogP contribution in [0, 0.1) is 5.92 Å². The van der Waals surface area contributed by atoms with E-state index in [1.54, 1.807) is 0 Å². The zero-order valence-corrected chi connectivity index (χ0v) is 6.08. The minimum absolute atomic E-state index is 0.150. The van der Waals surface area contributed by atoms with E-state index < -0.39 is 0 Å². The van der Waals surface area contributed by atoms with Crippen LogP contribution in [0.2, 0.25) is 0 Å². The molecule has 0 heterocycles.